The van der Waals surface area contributed by atoms with Gasteiger partial charge in [-0.2, -0.15) is 0 Å². The number of aromatic nitrogens is 2. The fourth-order valence-corrected chi connectivity index (χ4v) is 2.50. The van der Waals surface area contributed by atoms with Gasteiger partial charge in [-0.25, -0.2) is 13.8 Å². The number of halogens is 2. The van der Waals surface area contributed by atoms with E-state index >= 15 is 0 Å². The number of nitro groups is 1. The second-order valence-corrected chi connectivity index (χ2v) is 5.31. The molecule has 1 atom stereocenters. The molecule has 0 bridgehead atoms. The maximum absolute atomic E-state index is 13.7. The third-order valence-corrected chi connectivity index (χ3v) is 3.72. The average molecular weight is 347 g/mol. The zero-order valence-corrected chi connectivity index (χ0v) is 12.6. The first-order chi connectivity index (χ1) is 11.9. The monoisotopic (exact) mass is 347 g/mol. The highest BCUT2D eigenvalue weighted by Gasteiger charge is 2.19. The molecule has 25 heavy (non-hydrogen) atoms. The van der Waals surface area contributed by atoms with Gasteiger partial charge >= 0.3 is 0 Å². The Labute approximate surface area is 138 Å². The summed E-state index contributed by atoms with van der Waals surface area (Å²) in [6.07, 6.45) is -0.518. The van der Waals surface area contributed by atoms with Crippen LogP contribution in [0.4, 0.5) is 14.5 Å². The van der Waals surface area contributed by atoms with Gasteiger partial charge in [-0.1, -0.05) is 6.07 Å². The van der Waals surface area contributed by atoms with Crippen molar-refractivity contribution in [3.8, 4) is 0 Å². The number of hydrogen-bond acceptors (Lipinski definition) is 5. The molecule has 0 radical (unpaired) electrons. The Balaban J connectivity index is 2.03. The van der Waals surface area contributed by atoms with Crippen LogP contribution in [0.1, 0.15) is 11.7 Å². The van der Waals surface area contributed by atoms with Crippen LogP contribution in [-0.2, 0) is 6.54 Å². The minimum absolute atomic E-state index is 0.0297. The van der Waals surface area contributed by atoms with Gasteiger partial charge in [0.1, 0.15) is 17.7 Å². The molecule has 3 aromatic rings. The Morgan fingerprint density at radius 2 is 1.92 bits per heavy atom. The molecular weight excluding hydrogens is 336 g/mol. The van der Waals surface area contributed by atoms with Gasteiger partial charge < -0.3 is 5.11 Å². The highest BCUT2D eigenvalue weighted by Crippen LogP contribution is 2.22. The van der Waals surface area contributed by atoms with Crippen LogP contribution in [0.25, 0.3) is 10.9 Å². The van der Waals surface area contributed by atoms with Crippen molar-refractivity contribution in [1.82, 2.24) is 9.55 Å². The summed E-state index contributed by atoms with van der Waals surface area (Å²) in [5.41, 5.74) is -1.28. The summed E-state index contributed by atoms with van der Waals surface area (Å²) in [7, 11) is 0. The number of aliphatic hydroxyl groups is 1. The Bertz CT molecular complexity index is 1020. The van der Waals surface area contributed by atoms with Crippen LogP contribution in [0.5, 0.6) is 0 Å². The minimum Gasteiger partial charge on any atom is -0.386 e. The van der Waals surface area contributed by atoms with Gasteiger partial charge in [-0.15, -0.1) is 0 Å². The second-order valence-electron chi connectivity index (χ2n) is 5.31. The van der Waals surface area contributed by atoms with Crippen LogP contribution in [0.15, 0.2) is 47.5 Å². The number of benzene rings is 2. The highest BCUT2D eigenvalue weighted by atomic mass is 19.1. The molecule has 1 aromatic heterocycles. The number of hydrogen-bond donors (Lipinski definition) is 1. The standard InChI is InChI=1S/C16H11F2N3O4/c17-11-2-1-3-12(18)15(11)14(22)7-20-8-19-13-5-4-9(21(24)25)6-10(13)16(20)23/h1-6,8,14,22H,7H2. The van der Waals surface area contributed by atoms with Gasteiger partial charge in [0.15, 0.2) is 0 Å². The number of rotatable bonds is 4. The quantitative estimate of drug-likeness (QED) is 0.577. The molecule has 0 amide bonds. The maximum atomic E-state index is 13.7. The van der Waals surface area contributed by atoms with Crippen LogP contribution < -0.4 is 5.56 Å². The van der Waals surface area contributed by atoms with E-state index in [4.69, 9.17) is 0 Å². The number of nitrogens with zero attached hydrogens (tertiary/aromatic N) is 3. The highest BCUT2D eigenvalue weighted by molar-refractivity contribution is 5.79. The van der Waals surface area contributed by atoms with Gasteiger partial charge in [0.25, 0.3) is 11.2 Å². The Kier molecular flexibility index (Phi) is 4.24. The fraction of sp³-hybridized carbons (Fsp3) is 0.125. The van der Waals surface area contributed by atoms with Crippen molar-refractivity contribution in [3.63, 3.8) is 0 Å². The van der Waals surface area contributed by atoms with Crippen LogP contribution in [0.2, 0.25) is 0 Å². The van der Waals surface area contributed by atoms with E-state index in [0.717, 1.165) is 35.2 Å². The molecule has 0 aliphatic heterocycles. The van der Waals surface area contributed by atoms with E-state index in [1.165, 1.54) is 12.1 Å². The van der Waals surface area contributed by atoms with E-state index in [2.05, 4.69) is 4.98 Å². The second kappa shape index (κ2) is 6.36. The van der Waals surface area contributed by atoms with Crippen molar-refractivity contribution in [1.29, 1.82) is 0 Å². The van der Waals surface area contributed by atoms with Crippen molar-refractivity contribution in [2.24, 2.45) is 0 Å². The summed E-state index contributed by atoms with van der Waals surface area (Å²) >= 11 is 0. The topological polar surface area (TPSA) is 98.3 Å². The van der Waals surface area contributed by atoms with E-state index in [1.807, 2.05) is 0 Å². The molecule has 0 aliphatic rings. The van der Waals surface area contributed by atoms with Crippen molar-refractivity contribution < 1.29 is 18.8 Å². The first-order valence-corrected chi connectivity index (χ1v) is 7.14. The Hall–Kier alpha value is -3.20. The first-order valence-electron chi connectivity index (χ1n) is 7.14. The zero-order chi connectivity index (χ0) is 18.1. The van der Waals surface area contributed by atoms with Gasteiger partial charge in [-0.05, 0) is 18.2 Å². The lowest BCUT2D eigenvalue weighted by molar-refractivity contribution is -0.384. The largest absolute Gasteiger partial charge is 0.386 e. The van der Waals surface area contributed by atoms with Crippen molar-refractivity contribution in [3.05, 3.63) is 80.4 Å². The molecule has 2 aromatic carbocycles. The van der Waals surface area contributed by atoms with Crippen molar-refractivity contribution in [2.75, 3.05) is 0 Å². The van der Waals surface area contributed by atoms with Gasteiger partial charge in [0, 0.05) is 12.1 Å². The SMILES string of the molecule is O=c1c2cc([N+](=O)[O-])ccc2ncn1CC(O)c1c(F)cccc1F. The molecule has 7 nitrogen and oxygen atoms in total. The predicted molar refractivity (Wildman–Crippen MR) is 84.0 cm³/mol. The molecule has 1 heterocycles. The molecule has 1 unspecified atom stereocenters. The fourth-order valence-electron chi connectivity index (χ4n) is 2.50. The summed E-state index contributed by atoms with van der Waals surface area (Å²) in [5.74, 6) is -1.88. The lowest BCUT2D eigenvalue weighted by atomic mass is 10.1. The summed E-state index contributed by atoms with van der Waals surface area (Å²) in [5, 5.41) is 20.9. The third kappa shape index (κ3) is 3.09. The lowest BCUT2D eigenvalue weighted by Crippen LogP contribution is -2.24. The van der Waals surface area contributed by atoms with E-state index in [9.17, 15) is 28.8 Å². The summed E-state index contributed by atoms with van der Waals surface area (Å²) in [4.78, 5) is 26.6. The molecule has 3 rings (SSSR count). The molecule has 9 heteroatoms. The minimum atomic E-state index is -1.63. The molecule has 0 spiro atoms. The lowest BCUT2D eigenvalue weighted by Gasteiger charge is -2.14. The molecular formula is C16H11F2N3O4. The summed E-state index contributed by atoms with van der Waals surface area (Å²) in [6.45, 7) is -0.456. The zero-order valence-electron chi connectivity index (χ0n) is 12.6. The number of nitro benzene ring substituents is 1. The van der Waals surface area contributed by atoms with E-state index in [-0.39, 0.29) is 16.6 Å². The smallest absolute Gasteiger partial charge is 0.270 e. The van der Waals surface area contributed by atoms with E-state index in [1.54, 1.807) is 0 Å². The molecule has 0 saturated heterocycles. The van der Waals surface area contributed by atoms with E-state index < -0.39 is 40.3 Å². The van der Waals surface area contributed by atoms with Gasteiger partial charge in [0.2, 0.25) is 0 Å². The van der Waals surface area contributed by atoms with Crippen LogP contribution in [0, 0.1) is 21.7 Å². The number of fused-ring (bicyclic) bond motifs is 1. The molecule has 0 fully saturated rings. The third-order valence-electron chi connectivity index (χ3n) is 3.72. The Morgan fingerprint density at radius 3 is 2.56 bits per heavy atom. The molecule has 0 aliphatic carbocycles. The first kappa shape index (κ1) is 16.7. The van der Waals surface area contributed by atoms with Crippen LogP contribution in [-0.4, -0.2) is 19.6 Å². The molecule has 128 valence electrons. The van der Waals surface area contributed by atoms with Crippen LogP contribution in [0.3, 0.4) is 0 Å². The van der Waals surface area contributed by atoms with Gasteiger partial charge in [0.05, 0.1) is 34.3 Å². The summed E-state index contributed by atoms with van der Waals surface area (Å²) in [6, 6.07) is 6.74. The van der Waals surface area contributed by atoms with Crippen molar-refractivity contribution in [2.45, 2.75) is 12.6 Å². The normalized spacial score (nSPS) is 12.3. The number of aliphatic hydroxyl groups excluding tert-OH is 1. The number of non-ortho nitro benzene ring substituents is 1. The molecule has 1 N–H and O–H groups in total. The predicted octanol–water partition coefficient (Wildman–Crippen LogP) is 2.32. The Morgan fingerprint density at radius 1 is 1.24 bits per heavy atom. The summed E-state index contributed by atoms with van der Waals surface area (Å²) < 4.78 is 28.4. The maximum Gasteiger partial charge on any atom is 0.270 e. The average Bonchev–Trinajstić information content (AvgIpc) is 2.57. The van der Waals surface area contributed by atoms with Gasteiger partial charge in [-0.3, -0.25) is 19.5 Å². The van der Waals surface area contributed by atoms with Crippen LogP contribution >= 0.6 is 0 Å². The van der Waals surface area contributed by atoms with E-state index in [0.29, 0.717) is 0 Å². The molecule has 0 saturated carbocycles. The van der Waals surface area contributed by atoms with Crippen molar-refractivity contribution >= 4 is 16.6 Å².